The molecule has 0 spiro atoms. The van der Waals surface area contributed by atoms with Crippen LogP contribution in [0, 0.1) is 5.92 Å². The Morgan fingerprint density at radius 1 is 1.55 bits per heavy atom. The number of esters is 1. The summed E-state index contributed by atoms with van der Waals surface area (Å²) in [5.41, 5.74) is 0. The Kier molecular flexibility index (Phi) is 6.94. The minimum atomic E-state index is -3.51. The maximum atomic E-state index is 12.1. The number of sulfonamides is 1. The number of carbonyl (C=O) groups is 1. The second-order valence-corrected chi connectivity index (χ2v) is 7.59. The van der Waals surface area contributed by atoms with E-state index in [9.17, 15) is 13.2 Å². The highest BCUT2D eigenvalue weighted by atomic mass is 35.5. The zero-order valence-electron chi connectivity index (χ0n) is 11.3. The van der Waals surface area contributed by atoms with E-state index >= 15 is 0 Å². The Morgan fingerprint density at radius 2 is 2.25 bits per heavy atom. The average Bonchev–Trinajstić information content (AvgIpc) is 2.90. The number of hydrogen-bond donors (Lipinski definition) is 1. The van der Waals surface area contributed by atoms with Crippen molar-refractivity contribution in [1.82, 2.24) is 4.72 Å². The predicted octanol–water partition coefficient (Wildman–Crippen LogP) is 2.15. The van der Waals surface area contributed by atoms with Crippen molar-refractivity contribution in [2.24, 2.45) is 5.92 Å². The molecule has 1 heterocycles. The van der Waals surface area contributed by atoms with Gasteiger partial charge in [-0.25, -0.2) is 13.1 Å². The molecule has 5 nitrogen and oxygen atoms in total. The molecule has 0 fully saturated rings. The van der Waals surface area contributed by atoms with E-state index in [1.54, 1.807) is 19.1 Å². The molecule has 8 heteroatoms. The Morgan fingerprint density at radius 3 is 2.75 bits per heavy atom. The summed E-state index contributed by atoms with van der Waals surface area (Å²) < 4.78 is 31.3. The van der Waals surface area contributed by atoms with E-state index in [1.807, 2.05) is 5.38 Å². The Labute approximate surface area is 128 Å². The molecular formula is C12H18ClNO4S2. The number of nitrogens with one attached hydrogen (secondary N) is 1. The van der Waals surface area contributed by atoms with Crippen LogP contribution in [0.4, 0.5) is 0 Å². The van der Waals surface area contributed by atoms with Gasteiger partial charge < -0.3 is 4.74 Å². The Bertz CT molecular complexity index is 516. The van der Waals surface area contributed by atoms with Gasteiger partial charge in [0.05, 0.1) is 25.3 Å². The quantitative estimate of drug-likeness (QED) is 0.582. The fourth-order valence-corrected chi connectivity index (χ4v) is 4.32. The van der Waals surface area contributed by atoms with Crippen molar-refractivity contribution in [3.05, 3.63) is 22.4 Å². The average molecular weight is 340 g/mol. The van der Waals surface area contributed by atoms with E-state index in [1.165, 1.54) is 18.4 Å². The number of rotatable bonds is 8. The number of alkyl halides is 1. The van der Waals surface area contributed by atoms with Crippen LogP contribution in [0.3, 0.4) is 0 Å². The van der Waals surface area contributed by atoms with E-state index in [0.29, 0.717) is 0 Å². The molecule has 0 aliphatic carbocycles. The van der Waals surface area contributed by atoms with Crippen molar-refractivity contribution < 1.29 is 17.9 Å². The van der Waals surface area contributed by atoms with Gasteiger partial charge in [-0.1, -0.05) is 13.0 Å². The highest BCUT2D eigenvalue weighted by molar-refractivity contribution is 7.89. The lowest BCUT2D eigenvalue weighted by Gasteiger charge is -2.17. The van der Waals surface area contributed by atoms with Crippen molar-refractivity contribution in [2.45, 2.75) is 19.4 Å². The van der Waals surface area contributed by atoms with Crippen LogP contribution in [-0.4, -0.2) is 33.1 Å². The summed E-state index contributed by atoms with van der Waals surface area (Å²) in [7, 11) is -2.23. The van der Waals surface area contributed by atoms with Crippen LogP contribution < -0.4 is 4.72 Å². The van der Waals surface area contributed by atoms with E-state index in [4.69, 9.17) is 11.6 Å². The summed E-state index contributed by atoms with van der Waals surface area (Å²) >= 11 is 7.02. The predicted molar refractivity (Wildman–Crippen MR) is 80.5 cm³/mol. The first-order valence-corrected chi connectivity index (χ1v) is 9.10. The van der Waals surface area contributed by atoms with Gasteiger partial charge in [-0.2, -0.15) is 0 Å². The number of carbonyl (C=O) groups excluding carboxylic acids is 1. The highest BCUT2D eigenvalue weighted by Gasteiger charge is 2.24. The molecule has 2 atom stereocenters. The van der Waals surface area contributed by atoms with Crippen LogP contribution in [0.5, 0.6) is 0 Å². The molecule has 1 aromatic heterocycles. The maximum Gasteiger partial charge on any atom is 0.307 e. The molecule has 0 aliphatic rings. The normalized spacial score (nSPS) is 14.8. The van der Waals surface area contributed by atoms with Crippen molar-refractivity contribution >= 4 is 38.9 Å². The third-order valence-corrected chi connectivity index (χ3v) is 5.74. The van der Waals surface area contributed by atoms with Crippen molar-refractivity contribution in [1.29, 1.82) is 0 Å². The first-order chi connectivity index (χ1) is 9.38. The van der Waals surface area contributed by atoms with Gasteiger partial charge in [0.2, 0.25) is 10.0 Å². The van der Waals surface area contributed by atoms with Gasteiger partial charge in [0, 0.05) is 10.8 Å². The van der Waals surface area contributed by atoms with E-state index in [-0.39, 0.29) is 24.0 Å². The first kappa shape index (κ1) is 17.4. The molecule has 1 N–H and O–H groups in total. The zero-order chi connectivity index (χ0) is 15.2. The molecule has 0 aromatic carbocycles. The molecule has 1 aromatic rings. The molecule has 0 aliphatic heterocycles. The zero-order valence-corrected chi connectivity index (χ0v) is 13.7. The summed E-state index contributed by atoms with van der Waals surface area (Å²) in [4.78, 5) is 12.2. The largest absolute Gasteiger partial charge is 0.469 e. The topological polar surface area (TPSA) is 72.5 Å². The van der Waals surface area contributed by atoms with E-state index in [0.717, 1.165) is 4.88 Å². The third kappa shape index (κ3) is 5.78. The Balaban J connectivity index is 2.82. The summed E-state index contributed by atoms with van der Waals surface area (Å²) in [6, 6.07) is 2.99. The SMILES string of the molecule is COC(=O)CC(NS(=O)(=O)CC(C)CCl)c1cccs1. The van der Waals surface area contributed by atoms with Gasteiger partial charge in [0.15, 0.2) is 0 Å². The van der Waals surface area contributed by atoms with Crippen molar-refractivity contribution in [2.75, 3.05) is 18.7 Å². The van der Waals surface area contributed by atoms with E-state index < -0.39 is 22.0 Å². The maximum absolute atomic E-state index is 12.1. The highest BCUT2D eigenvalue weighted by Crippen LogP contribution is 2.23. The number of methoxy groups -OCH3 is 1. The van der Waals surface area contributed by atoms with Gasteiger partial charge in [0.1, 0.15) is 0 Å². The molecular weight excluding hydrogens is 322 g/mol. The standard InChI is InChI=1S/C12H18ClNO4S2/c1-9(7-13)8-20(16,17)14-10(6-12(15)18-2)11-4-3-5-19-11/h3-5,9-10,14H,6-8H2,1-2H3. The smallest absolute Gasteiger partial charge is 0.307 e. The van der Waals surface area contributed by atoms with Crippen LogP contribution in [0.1, 0.15) is 24.3 Å². The number of halogens is 1. The summed E-state index contributed by atoms with van der Waals surface area (Å²) in [5.74, 6) is -0.422. The van der Waals surface area contributed by atoms with Crippen LogP contribution in [-0.2, 0) is 19.6 Å². The molecule has 0 saturated heterocycles. The molecule has 2 unspecified atom stereocenters. The monoisotopic (exact) mass is 339 g/mol. The fraction of sp³-hybridized carbons (Fsp3) is 0.583. The number of ether oxygens (including phenoxy) is 1. The van der Waals surface area contributed by atoms with Gasteiger partial charge in [0.25, 0.3) is 0 Å². The van der Waals surface area contributed by atoms with E-state index in [2.05, 4.69) is 9.46 Å². The summed E-state index contributed by atoms with van der Waals surface area (Å²) in [6.45, 7) is 1.76. The lowest BCUT2D eigenvalue weighted by molar-refractivity contribution is -0.141. The fourth-order valence-electron chi connectivity index (χ4n) is 1.62. The van der Waals surface area contributed by atoms with Gasteiger partial charge in [-0.3, -0.25) is 4.79 Å². The first-order valence-electron chi connectivity index (χ1n) is 6.04. The van der Waals surface area contributed by atoms with Crippen LogP contribution in [0.25, 0.3) is 0 Å². The van der Waals surface area contributed by atoms with Crippen molar-refractivity contribution in [3.63, 3.8) is 0 Å². The molecule has 1 rings (SSSR count). The number of thiophene rings is 1. The molecule has 0 bridgehead atoms. The second-order valence-electron chi connectivity index (χ2n) is 4.51. The lowest BCUT2D eigenvalue weighted by Crippen LogP contribution is -2.34. The van der Waals surface area contributed by atoms with Crippen molar-refractivity contribution in [3.8, 4) is 0 Å². The molecule has 0 amide bonds. The van der Waals surface area contributed by atoms with Gasteiger partial charge >= 0.3 is 5.97 Å². The summed E-state index contributed by atoms with van der Waals surface area (Å²) in [6.07, 6.45) is -0.0362. The molecule has 0 saturated carbocycles. The van der Waals surface area contributed by atoms with Crippen LogP contribution in [0.2, 0.25) is 0 Å². The number of hydrogen-bond acceptors (Lipinski definition) is 5. The second kappa shape index (κ2) is 7.97. The minimum absolute atomic E-state index is 0.0362. The third-order valence-electron chi connectivity index (χ3n) is 2.57. The molecule has 0 radical (unpaired) electrons. The van der Waals surface area contributed by atoms with Crippen LogP contribution >= 0.6 is 22.9 Å². The van der Waals surface area contributed by atoms with Gasteiger partial charge in [-0.15, -0.1) is 22.9 Å². The molecule has 20 heavy (non-hydrogen) atoms. The van der Waals surface area contributed by atoms with Crippen LogP contribution in [0.15, 0.2) is 17.5 Å². The molecule has 114 valence electrons. The Hall–Kier alpha value is -0.630. The minimum Gasteiger partial charge on any atom is -0.469 e. The van der Waals surface area contributed by atoms with Gasteiger partial charge in [-0.05, 0) is 17.4 Å². The summed E-state index contributed by atoms with van der Waals surface area (Å²) in [5, 5.41) is 1.83. The lowest BCUT2D eigenvalue weighted by atomic mass is 10.2.